The molecule has 0 amide bonds. The Balaban J connectivity index is 2.17. The molecular weight excluding hydrogens is 232 g/mol. The molecule has 0 radical (unpaired) electrons. The Kier molecular flexibility index (Phi) is 1.75. The van der Waals surface area contributed by atoms with E-state index in [0.29, 0.717) is 11.3 Å². The third kappa shape index (κ3) is 1.35. The zero-order valence-electron chi connectivity index (χ0n) is 8.38. The van der Waals surface area contributed by atoms with Gasteiger partial charge in [0.05, 0.1) is 23.2 Å². The van der Waals surface area contributed by atoms with E-state index in [1.807, 2.05) is 0 Å². The van der Waals surface area contributed by atoms with Crippen molar-refractivity contribution in [3.8, 4) is 0 Å². The van der Waals surface area contributed by atoms with Crippen LogP contribution in [0, 0.1) is 0 Å². The maximum atomic E-state index is 11.4. The predicted octanol–water partition coefficient (Wildman–Crippen LogP) is 0.345. The third-order valence-electron chi connectivity index (χ3n) is 2.91. The lowest BCUT2D eigenvalue weighted by Gasteiger charge is -2.03. The normalized spacial score (nSPS) is 22.0. The lowest BCUT2D eigenvalue weighted by atomic mass is 10.2. The predicted molar refractivity (Wildman–Crippen MR) is 53.8 cm³/mol. The van der Waals surface area contributed by atoms with Gasteiger partial charge in [0.2, 0.25) is 0 Å². The SMILES string of the molecule is O=C(O)c1c2c(nn1C1CC1)CS(=O)(=O)C2. The number of aromatic carboxylic acids is 1. The van der Waals surface area contributed by atoms with Crippen molar-refractivity contribution >= 4 is 15.8 Å². The maximum absolute atomic E-state index is 11.4. The van der Waals surface area contributed by atoms with E-state index < -0.39 is 15.8 Å². The van der Waals surface area contributed by atoms with Gasteiger partial charge in [-0.1, -0.05) is 0 Å². The molecule has 0 saturated heterocycles. The minimum atomic E-state index is -3.18. The van der Waals surface area contributed by atoms with Crippen molar-refractivity contribution in [3.63, 3.8) is 0 Å². The molecule has 7 heteroatoms. The molecule has 2 aliphatic rings. The molecule has 1 N–H and O–H groups in total. The molecule has 86 valence electrons. The highest BCUT2D eigenvalue weighted by molar-refractivity contribution is 7.90. The van der Waals surface area contributed by atoms with Crippen LogP contribution in [-0.2, 0) is 21.3 Å². The second-order valence-electron chi connectivity index (χ2n) is 4.29. The van der Waals surface area contributed by atoms with Gasteiger partial charge in [0.15, 0.2) is 15.5 Å². The van der Waals surface area contributed by atoms with Crippen LogP contribution in [0.15, 0.2) is 0 Å². The molecule has 1 fully saturated rings. The number of fused-ring (bicyclic) bond motifs is 1. The Bertz CT molecular complexity index is 583. The van der Waals surface area contributed by atoms with Crippen LogP contribution < -0.4 is 0 Å². The average molecular weight is 242 g/mol. The zero-order valence-corrected chi connectivity index (χ0v) is 9.20. The quantitative estimate of drug-likeness (QED) is 0.808. The molecule has 1 saturated carbocycles. The van der Waals surface area contributed by atoms with E-state index in [4.69, 9.17) is 5.11 Å². The van der Waals surface area contributed by atoms with Crippen LogP contribution in [0.2, 0.25) is 0 Å². The molecule has 2 heterocycles. The molecule has 1 aromatic heterocycles. The van der Waals surface area contributed by atoms with Gasteiger partial charge in [-0.05, 0) is 12.8 Å². The highest BCUT2D eigenvalue weighted by Gasteiger charge is 2.38. The number of rotatable bonds is 2. The number of hydrogen-bond donors (Lipinski definition) is 1. The summed E-state index contributed by atoms with van der Waals surface area (Å²) in [5.74, 6) is -1.39. The average Bonchev–Trinajstić information content (AvgIpc) is 2.85. The van der Waals surface area contributed by atoms with Gasteiger partial charge in [0.25, 0.3) is 0 Å². The first-order valence-electron chi connectivity index (χ1n) is 5.02. The summed E-state index contributed by atoms with van der Waals surface area (Å²) in [6, 6.07) is 0.152. The number of hydrogen-bond acceptors (Lipinski definition) is 4. The fraction of sp³-hybridized carbons (Fsp3) is 0.556. The summed E-state index contributed by atoms with van der Waals surface area (Å²) >= 11 is 0. The van der Waals surface area contributed by atoms with Crippen molar-refractivity contribution in [3.05, 3.63) is 17.0 Å². The van der Waals surface area contributed by atoms with Crippen LogP contribution in [0.4, 0.5) is 0 Å². The summed E-state index contributed by atoms with van der Waals surface area (Å²) in [5, 5.41) is 13.2. The van der Waals surface area contributed by atoms with Crippen molar-refractivity contribution in [1.82, 2.24) is 9.78 Å². The van der Waals surface area contributed by atoms with Crippen LogP contribution >= 0.6 is 0 Å². The smallest absolute Gasteiger partial charge is 0.354 e. The lowest BCUT2D eigenvalue weighted by molar-refractivity contribution is 0.0682. The van der Waals surface area contributed by atoms with Gasteiger partial charge >= 0.3 is 5.97 Å². The molecule has 0 bridgehead atoms. The van der Waals surface area contributed by atoms with Gasteiger partial charge < -0.3 is 5.11 Å². The van der Waals surface area contributed by atoms with Gasteiger partial charge in [-0.3, -0.25) is 4.68 Å². The Morgan fingerprint density at radius 1 is 1.38 bits per heavy atom. The van der Waals surface area contributed by atoms with Crippen molar-refractivity contribution in [2.45, 2.75) is 30.4 Å². The van der Waals surface area contributed by atoms with Crippen LogP contribution in [0.3, 0.4) is 0 Å². The standard InChI is InChI=1S/C9H10N2O4S/c12-9(13)8-6-3-16(14,15)4-7(6)10-11(8)5-1-2-5/h5H,1-4H2,(H,12,13). The minimum Gasteiger partial charge on any atom is -0.477 e. The monoisotopic (exact) mass is 242 g/mol. The molecule has 1 aromatic rings. The molecule has 1 aliphatic carbocycles. The zero-order chi connectivity index (χ0) is 11.5. The summed E-state index contributed by atoms with van der Waals surface area (Å²) in [6.07, 6.45) is 1.85. The van der Waals surface area contributed by atoms with E-state index in [-0.39, 0.29) is 23.2 Å². The van der Waals surface area contributed by atoms with Crippen molar-refractivity contribution in [2.75, 3.05) is 0 Å². The molecule has 0 spiro atoms. The largest absolute Gasteiger partial charge is 0.477 e. The molecular formula is C9H10N2O4S. The first-order chi connectivity index (χ1) is 7.48. The van der Waals surface area contributed by atoms with Crippen molar-refractivity contribution in [1.29, 1.82) is 0 Å². The van der Waals surface area contributed by atoms with E-state index >= 15 is 0 Å². The molecule has 1 aliphatic heterocycles. The molecule has 3 rings (SSSR count). The Morgan fingerprint density at radius 2 is 2.06 bits per heavy atom. The molecule has 16 heavy (non-hydrogen) atoms. The van der Waals surface area contributed by atoms with Gasteiger partial charge in [-0.15, -0.1) is 0 Å². The maximum Gasteiger partial charge on any atom is 0.354 e. The van der Waals surface area contributed by atoms with Gasteiger partial charge in [-0.25, -0.2) is 13.2 Å². The third-order valence-corrected chi connectivity index (χ3v) is 4.35. The lowest BCUT2D eigenvalue weighted by Crippen LogP contribution is -2.12. The fourth-order valence-corrected chi connectivity index (χ4v) is 3.57. The van der Waals surface area contributed by atoms with Gasteiger partial charge in [0.1, 0.15) is 0 Å². The van der Waals surface area contributed by atoms with Crippen LogP contribution in [-0.4, -0.2) is 29.3 Å². The second kappa shape index (κ2) is 2.85. The molecule has 6 nitrogen and oxygen atoms in total. The first-order valence-corrected chi connectivity index (χ1v) is 6.84. The second-order valence-corrected chi connectivity index (χ2v) is 6.35. The fourth-order valence-electron chi connectivity index (χ4n) is 2.07. The Morgan fingerprint density at radius 3 is 2.62 bits per heavy atom. The molecule has 0 unspecified atom stereocenters. The summed E-state index contributed by atoms with van der Waals surface area (Å²) in [5.41, 5.74) is 0.877. The summed E-state index contributed by atoms with van der Waals surface area (Å²) in [6.45, 7) is 0. The topological polar surface area (TPSA) is 89.3 Å². The highest BCUT2D eigenvalue weighted by atomic mass is 32.2. The van der Waals surface area contributed by atoms with Crippen molar-refractivity contribution in [2.24, 2.45) is 0 Å². The summed E-state index contributed by atoms with van der Waals surface area (Å²) in [4.78, 5) is 11.1. The van der Waals surface area contributed by atoms with Gasteiger partial charge in [0, 0.05) is 5.56 Å². The molecule has 0 aromatic carbocycles. The number of carboxylic acids is 1. The summed E-state index contributed by atoms with van der Waals surface area (Å²) < 4.78 is 24.2. The van der Waals surface area contributed by atoms with E-state index in [2.05, 4.69) is 5.10 Å². The van der Waals surface area contributed by atoms with Crippen LogP contribution in [0.25, 0.3) is 0 Å². The number of carbonyl (C=O) groups is 1. The van der Waals surface area contributed by atoms with Crippen LogP contribution in [0.5, 0.6) is 0 Å². The van der Waals surface area contributed by atoms with Crippen LogP contribution in [0.1, 0.15) is 40.6 Å². The first kappa shape index (κ1) is 9.83. The molecule has 0 atom stereocenters. The summed E-state index contributed by atoms with van der Waals surface area (Å²) in [7, 11) is -3.18. The highest BCUT2D eigenvalue weighted by Crippen LogP contribution is 2.38. The number of nitrogens with zero attached hydrogens (tertiary/aromatic N) is 2. The number of carboxylic acid groups (broad SMARTS) is 1. The van der Waals surface area contributed by atoms with E-state index in [1.165, 1.54) is 4.68 Å². The van der Waals surface area contributed by atoms with Crippen molar-refractivity contribution < 1.29 is 18.3 Å². The van der Waals surface area contributed by atoms with E-state index in [0.717, 1.165) is 12.8 Å². The Hall–Kier alpha value is -1.37. The number of sulfone groups is 1. The van der Waals surface area contributed by atoms with Gasteiger partial charge in [-0.2, -0.15) is 5.10 Å². The Labute approximate surface area is 91.8 Å². The van der Waals surface area contributed by atoms with E-state index in [9.17, 15) is 13.2 Å². The van der Waals surface area contributed by atoms with E-state index in [1.54, 1.807) is 0 Å². The number of aromatic nitrogens is 2. The minimum absolute atomic E-state index is 0.0681.